The average Bonchev–Trinajstić information content (AvgIpc) is 3.37. The van der Waals surface area contributed by atoms with Gasteiger partial charge in [0.15, 0.2) is 0 Å². The third kappa shape index (κ3) is 7.44. The minimum atomic E-state index is -4.10. The number of carbonyl (C=O) groups excluding carboxylic acids is 1. The van der Waals surface area contributed by atoms with Crippen molar-refractivity contribution in [2.24, 2.45) is 5.92 Å². The van der Waals surface area contributed by atoms with Crippen molar-refractivity contribution in [3.63, 3.8) is 0 Å². The molecule has 244 valence electrons. The lowest BCUT2D eigenvalue weighted by Gasteiger charge is -2.46. The third-order valence-corrected chi connectivity index (χ3v) is 12.0. The van der Waals surface area contributed by atoms with Crippen LogP contribution in [0.3, 0.4) is 0 Å². The first kappa shape index (κ1) is 34.7. The maximum atomic E-state index is 14.6. The molecule has 4 rings (SSSR count). The largest absolute Gasteiger partial charge is 0.485 e. The number of halogens is 1. The van der Waals surface area contributed by atoms with Gasteiger partial charge in [-0.2, -0.15) is 4.31 Å². The molecule has 2 heterocycles. The minimum absolute atomic E-state index is 0.0768. The summed E-state index contributed by atoms with van der Waals surface area (Å²) in [7, 11) is -1.97. The summed E-state index contributed by atoms with van der Waals surface area (Å²) in [5.74, 6) is 0.494. The van der Waals surface area contributed by atoms with Crippen molar-refractivity contribution in [3.05, 3.63) is 57.6 Å². The number of sulfonamides is 1. The predicted molar refractivity (Wildman–Crippen MR) is 176 cm³/mol. The highest BCUT2D eigenvalue weighted by Gasteiger charge is 2.49. The second kappa shape index (κ2) is 14.1. The van der Waals surface area contributed by atoms with E-state index in [0.29, 0.717) is 40.0 Å². The van der Waals surface area contributed by atoms with Crippen molar-refractivity contribution in [2.75, 3.05) is 26.7 Å². The molecule has 0 saturated carbocycles. The molecule has 1 fully saturated rings. The molecule has 1 saturated heterocycles. The molecular weight excluding hydrogens is 598 g/mol. The van der Waals surface area contributed by atoms with Gasteiger partial charge in [0.2, 0.25) is 15.9 Å². The molecule has 10 heteroatoms. The number of hydrogen-bond donors (Lipinski definition) is 2. The van der Waals surface area contributed by atoms with Gasteiger partial charge in [0.25, 0.3) is 0 Å². The number of likely N-dealkylation sites (tertiary alicyclic amines) is 1. The summed E-state index contributed by atoms with van der Waals surface area (Å²) in [5, 5.41) is 15.4. The summed E-state index contributed by atoms with van der Waals surface area (Å²) in [6, 6.07) is 8.35. The molecule has 3 atom stereocenters. The van der Waals surface area contributed by atoms with Crippen molar-refractivity contribution in [1.29, 1.82) is 0 Å². The average molecular weight is 648 g/mol. The molecule has 2 N–H and O–H groups in total. The monoisotopic (exact) mass is 647 g/mol. The standard InChI is InChI=1S/C34H50ClN3O5S/c1-8-24(9-2)21-38(44(41,42)30-18-22(3)28(35)17-23(30)4)32-27-19-25(12-13-29(27)43-34(5,6)33(32)40)20-31(39)36-15-14-26-11-10-16-37(26)7/h12-13,17-19,24,26,32-33,40H,8-11,14-16,20-21H2,1-7H3,(H,36,39)/t26?,32-,33+/m1/s1. The quantitative estimate of drug-likeness (QED) is 0.302. The summed E-state index contributed by atoms with van der Waals surface area (Å²) in [4.78, 5) is 15.5. The zero-order valence-corrected chi connectivity index (χ0v) is 28.9. The maximum absolute atomic E-state index is 14.6. The van der Waals surface area contributed by atoms with Crippen molar-refractivity contribution in [3.8, 4) is 5.75 Å². The molecule has 0 aromatic heterocycles. The molecule has 44 heavy (non-hydrogen) atoms. The van der Waals surface area contributed by atoms with Crippen molar-refractivity contribution < 1.29 is 23.1 Å². The number of amides is 1. The fraction of sp³-hybridized carbons (Fsp3) is 0.618. The summed E-state index contributed by atoms with van der Waals surface area (Å²) in [6.45, 7) is 13.1. The van der Waals surface area contributed by atoms with Crippen LogP contribution in [0.4, 0.5) is 0 Å². The van der Waals surface area contributed by atoms with Crippen LogP contribution in [0.15, 0.2) is 35.2 Å². The van der Waals surface area contributed by atoms with Crippen LogP contribution in [0.1, 0.15) is 88.1 Å². The minimum Gasteiger partial charge on any atom is -0.485 e. The Morgan fingerprint density at radius 1 is 1.18 bits per heavy atom. The molecule has 8 nitrogen and oxygen atoms in total. The number of nitrogens with zero attached hydrogens (tertiary/aromatic N) is 2. The Balaban J connectivity index is 1.71. The molecule has 2 aromatic rings. The number of nitrogens with one attached hydrogen (secondary N) is 1. The SMILES string of the molecule is CCC(CC)CN([C@@H]1c2cc(CC(=O)NCCC3CCCN3C)ccc2OC(C)(C)[C@H]1O)S(=O)(=O)c1cc(C)c(Cl)cc1C. The summed E-state index contributed by atoms with van der Waals surface area (Å²) < 4.78 is 37.0. The molecule has 0 bridgehead atoms. The van der Waals surface area contributed by atoms with Gasteiger partial charge in [-0.3, -0.25) is 4.79 Å². The van der Waals surface area contributed by atoms with E-state index in [1.807, 2.05) is 12.1 Å². The fourth-order valence-electron chi connectivity index (χ4n) is 6.53. The van der Waals surface area contributed by atoms with Crippen molar-refractivity contribution in [2.45, 2.75) is 109 Å². The molecule has 2 aliphatic heterocycles. The van der Waals surface area contributed by atoms with E-state index in [1.165, 1.54) is 10.7 Å². The topological polar surface area (TPSA) is 99.2 Å². The highest BCUT2D eigenvalue weighted by Crippen LogP contribution is 2.46. The summed E-state index contributed by atoms with van der Waals surface area (Å²) in [5.41, 5.74) is 1.45. The van der Waals surface area contributed by atoms with Crippen LogP contribution in [0, 0.1) is 19.8 Å². The number of aryl methyl sites for hydroxylation is 2. The third-order valence-electron chi connectivity index (χ3n) is 9.56. The molecule has 2 aliphatic rings. The Hall–Kier alpha value is -2.17. The van der Waals surface area contributed by atoms with Crippen molar-refractivity contribution >= 4 is 27.5 Å². The Labute approximate surface area is 269 Å². The number of carbonyl (C=O) groups is 1. The van der Waals surface area contributed by atoms with Gasteiger partial charge in [-0.05, 0) is 107 Å². The van der Waals surface area contributed by atoms with Crippen LogP contribution >= 0.6 is 11.6 Å². The zero-order chi connectivity index (χ0) is 32.4. The molecule has 0 spiro atoms. The van der Waals surface area contributed by atoms with E-state index in [0.717, 1.165) is 37.8 Å². The Bertz CT molecular complexity index is 1440. The van der Waals surface area contributed by atoms with E-state index >= 15 is 0 Å². The van der Waals surface area contributed by atoms with Crippen LogP contribution in [0.5, 0.6) is 5.75 Å². The lowest BCUT2D eigenvalue weighted by molar-refractivity contribution is -0.120. The van der Waals surface area contributed by atoms with Gasteiger partial charge in [0.05, 0.1) is 17.4 Å². The summed E-state index contributed by atoms with van der Waals surface area (Å²) >= 11 is 6.35. The van der Waals surface area contributed by atoms with Gasteiger partial charge in [-0.15, -0.1) is 0 Å². The molecule has 0 aliphatic carbocycles. The van der Waals surface area contributed by atoms with Crippen LogP contribution in [0.2, 0.25) is 5.02 Å². The number of aliphatic hydroxyl groups excluding tert-OH is 1. The van der Waals surface area contributed by atoms with Crippen LogP contribution in [-0.2, 0) is 21.2 Å². The highest BCUT2D eigenvalue weighted by atomic mass is 35.5. The van der Waals surface area contributed by atoms with E-state index < -0.39 is 27.8 Å². The van der Waals surface area contributed by atoms with Gasteiger partial charge >= 0.3 is 0 Å². The van der Waals surface area contributed by atoms with Crippen LogP contribution in [0.25, 0.3) is 0 Å². The smallest absolute Gasteiger partial charge is 0.244 e. The lowest BCUT2D eigenvalue weighted by atomic mass is 9.85. The van der Waals surface area contributed by atoms with E-state index in [1.54, 1.807) is 45.9 Å². The lowest BCUT2D eigenvalue weighted by Crippen LogP contribution is -2.55. The van der Waals surface area contributed by atoms with Crippen molar-refractivity contribution in [1.82, 2.24) is 14.5 Å². The summed E-state index contributed by atoms with van der Waals surface area (Å²) in [6.07, 6.45) is 3.81. The van der Waals surface area contributed by atoms with E-state index in [4.69, 9.17) is 16.3 Å². The van der Waals surface area contributed by atoms with Gasteiger partial charge in [-0.25, -0.2) is 8.42 Å². The first-order valence-corrected chi connectivity index (χ1v) is 17.8. The maximum Gasteiger partial charge on any atom is 0.244 e. The predicted octanol–water partition coefficient (Wildman–Crippen LogP) is 5.80. The molecule has 2 aromatic carbocycles. The highest BCUT2D eigenvalue weighted by molar-refractivity contribution is 7.89. The Morgan fingerprint density at radius 2 is 1.89 bits per heavy atom. The van der Waals surface area contributed by atoms with Crippen LogP contribution < -0.4 is 10.1 Å². The fourth-order valence-corrected chi connectivity index (χ4v) is 8.73. The zero-order valence-electron chi connectivity index (χ0n) is 27.3. The number of benzene rings is 2. The second-order valence-corrected chi connectivity index (χ2v) is 15.4. The van der Waals surface area contributed by atoms with Gasteiger partial charge in [-0.1, -0.05) is 44.4 Å². The number of aliphatic hydroxyl groups is 1. The van der Waals surface area contributed by atoms with E-state index in [2.05, 4.69) is 31.1 Å². The number of fused-ring (bicyclic) bond motifs is 1. The normalized spacial score (nSPS) is 21.8. The molecule has 0 radical (unpaired) electrons. The van der Waals surface area contributed by atoms with Gasteiger partial charge in [0.1, 0.15) is 17.5 Å². The van der Waals surface area contributed by atoms with Crippen LogP contribution in [-0.4, -0.2) is 73.1 Å². The second-order valence-electron chi connectivity index (χ2n) is 13.2. The van der Waals surface area contributed by atoms with Gasteiger partial charge in [0, 0.05) is 29.7 Å². The Morgan fingerprint density at radius 3 is 2.52 bits per heavy atom. The number of ether oxygens (including phenoxy) is 1. The first-order chi connectivity index (χ1) is 20.7. The van der Waals surface area contributed by atoms with Gasteiger partial charge < -0.3 is 20.1 Å². The number of hydrogen-bond acceptors (Lipinski definition) is 6. The first-order valence-electron chi connectivity index (χ1n) is 15.9. The number of rotatable bonds is 12. The molecular formula is C34H50ClN3O5S. The molecule has 1 amide bonds. The molecule has 1 unspecified atom stereocenters. The van der Waals surface area contributed by atoms with E-state index in [-0.39, 0.29) is 29.7 Å². The Kier molecular flexibility index (Phi) is 11.1. The van der Waals surface area contributed by atoms with E-state index in [9.17, 15) is 18.3 Å².